The lowest BCUT2D eigenvalue weighted by molar-refractivity contribution is -0.146. The molecule has 0 fully saturated rings. The number of hydrogen-bond acceptors (Lipinski definition) is 5. The molecule has 0 heterocycles. The van der Waals surface area contributed by atoms with Crippen LogP contribution in [-0.2, 0) is 19.1 Å². The third-order valence-electron chi connectivity index (χ3n) is 4.61. The number of unbranched alkanes of at least 4 members (excludes halogenated alkanes) is 6. The van der Waals surface area contributed by atoms with Crippen molar-refractivity contribution in [3.8, 4) is 0 Å². The Morgan fingerprint density at radius 3 is 1.90 bits per heavy atom. The van der Waals surface area contributed by atoms with Gasteiger partial charge in [-0.05, 0) is 59.2 Å². The van der Waals surface area contributed by atoms with Crippen LogP contribution in [0.1, 0.15) is 90.4 Å². The molecular formula is C25H45NO4. The van der Waals surface area contributed by atoms with Crippen LogP contribution in [0.3, 0.4) is 0 Å². The summed E-state index contributed by atoms with van der Waals surface area (Å²) >= 11 is 0. The van der Waals surface area contributed by atoms with Crippen molar-refractivity contribution in [2.45, 2.75) is 90.4 Å². The molecule has 0 bridgehead atoms. The lowest BCUT2D eigenvalue weighted by Gasteiger charge is -2.09. The molecule has 0 aromatic heterocycles. The number of nitrogens with zero attached hydrogens (tertiary/aromatic N) is 1. The second-order valence-corrected chi connectivity index (χ2v) is 7.97. The highest BCUT2D eigenvalue weighted by Crippen LogP contribution is 2.08. The molecular weight excluding hydrogens is 378 g/mol. The molecule has 0 spiro atoms. The van der Waals surface area contributed by atoms with Crippen LogP contribution in [0, 0.1) is 0 Å². The fourth-order valence-corrected chi connectivity index (χ4v) is 2.85. The number of esters is 2. The van der Waals surface area contributed by atoms with E-state index in [1.165, 1.54) is 32.1 Å². The maximum absolute atomic E-state index is 11.7. The van der Waals surface area contributed by atoms with E-state index in [4.69, 9.17) is 9.47 Å². The highest BCUT2D eigenvalue weighted by atomic mass is 16.5. The van der Waals surface area contributed by atoms with E-state index in [2.05, 4.69) is 31.2 Å². The van der Waals surface area contributed by atoms with Crippen LogP contribution >= 0.6 is 0 Å². The molecule has 5 nitrogen and oxygen atoms in total. The first-order valence-electron chi connectivity index (χ1n) is 11.8. The van der Waals surface area contributed by atoms with Gasteiger partial charge in [0.05, 0.1) is 13.2 Å². The smallest absolute Gasteiger partial charge is 0.305 e. The van der Waals surface area contributed by atoms with E-state index in [-0.39, 0.29) is 11.9 Å². The van der Waals surface area contributed by atoms with Gasteiger partial charge in [-0.1, -0.05) is 56.9 Å². The van der Waals surface area contributed by atoms with E-state index in [0.29, 0.717) is 32.5 Å². The first-order valence-corrected chi connectivity index (χ1v) is 11.8. The van der Waals surface area contributed by atoms with Crippen molar-refractivity contribution >= 4 is 11.9 Å². The average Bonchev–Trinajstić information content (AvgIpc) is 2.71. The van der Waals surface area contributed by atoms with E-state index in [0.717, 1.165) is 38.6 Å². The van der Waals surface area contributed by atoms with Gasteiger partial charge in [-0.3, -0.25) is 9.59 Å². The molecule has 0 rings (SSSR count). The molecule has 0 aliphatic rings. The zero-order valence-corrected chi connectivity index (χ0v) is 19.7. The zero-order chi connectivity index (χ0) is 22.3. The van der Waals surface area contributed by atoms with Crippen molar-refractivity contribution in [2.75, 3.05) is 33.9 Å². The van der Waals surface area contributed by atoms with Gasteiger partial charge in [0, 0.05) is 19.3 Å². The summed E-state index contributed by atoms with van der Waals surface area (Å²) < 4.78 is 10.3. The van der Waals surface area contributed by atoms with Gasteiger partial charge in [0.2, 0.25) is 0 Å². The van der Waals surface area contributed by atoms with Gasteiger partial charge in [0.15, 0.2) is 0 Å². The van der Waals surface area contributed by atoms with Crippen LogP contribution in [0.5, 0.6) is 0 Å². The summed E-state index contributed by atoms with van der Waals surface area (Å²) in [7, 11) is 3.96. The normalized spacial score (nSPS) is 11.6. The topological polar surface area (TPSA) is 55.8 Å². The predicted octanol–water partition coefficient (Wildman–Crippen LogP) is 5.84. The Morgan fingerprint density at radius 2 is 1.27 bits per heavy atom. The van der Waals surface area contributed by atoms with E-state index >= 15 is 0 Å². The van der Waals surface area contributed by atoms with Crippen LogP contribution in [-0.4, -0.2) is 50.7 Å². The summed E-state index contributed by atoms with van der Waals surface area (Å²) in [5.41, 5.74) is 0. The SMILES string of the molecule is CCC/C=C\C/C=C\CCCCCCCC(=O)OCCCOC(=O)CCCN(C)C. The van der Waals surface area contributed by atoms with Crippen LogP contribution in [0.25, 0.3) is 0 Å². The van der Waals surface area contributed by atoms with Crippen LogP contribution in [0.2, 0.25) is 0 Å². The third kappa shape index (κ3) is 22.7. The minimum absolute atomic E-state index is 0.147. The van der Waals surface area contributed by atoms with Gasteiger partial charge < -0.3 is 14.4 Å². The van der Waals surface area contributed by atoms with Gasteiger partial charge in [-0.25, -0.2) is 0 Å². The lowest BCUT2D eigenvalue weighted by Crippen LogP contribution is -2.15. The number of ether oxygens (including phenoxy) is 2. The molecule has 5 heteroatoms. The van der Waals surface area contributed by atoms with Crippen molar-refractivity contribution in [3.63, 3.8) is 0 Å². The number of carbonyl (C=O) groups excluding carboxylic acids is 2. The van der Waals surface area contributed by atoms with E-state index in [9.17, 15) is 9.59 Å². The van der Waals surface area contributed by atoms with Crippen molar-refractivity contribution in [1.82, 2.24) is 4.90 Å². The van der Waals surface area contributed by atoms with Crippen LogP contribution in [0.15, 0.2) is 24.3 Å². The quantitative estimate of drug-likeness (QED) is 0.140. The average molecular weight is 424 g/mol. The summed E-state index contributed by atoms with van der Waals surface area (Å²) in [6.45, 7) is 3.71. The Hall–Kier alpha value is -1.62. The van der Waals surface area contributed by atoms with Crippen molar-refractivity contribution in [2.24, 2.45) is 0 Å². The van der Waals surface area contributed by atoms with Crippen LogP contribution in [0.4, 0.5) is 0 Å². The molecule has 0 saturated carbocycles. The van der Waals surface area contributed by atoms with Crippen molar-refractivity contribution in [1.29, 1.82) is 0 Å². The minimum Gasteiger partial charge on any atom is -0.466 e. The summed E-state index contributed by atoms with van der Waals surface area (Å²) in [5.74, 6) is -0.325. The Morgan fingerprint density at radius 1 is 0.700 bits per heavy atom. The highest BCUT2D eigenvalue weighted by molar-refractivity contribution is 5.69. The Kier molecular flexibility index (Phi) is 20.9. The Balaban J connectivity index is 3.36. The molecule has 0 unspecified atom stereocenters. The van der Waals surface area contributed by atoms with E-state index < -0.39 is 0 Å². The molecule has 0 radical (unpaired) electrons. The van der Waals surface area contributed by atoms with E-state index in [1.807, 2.05) is 19.0 Å². The molecule has 0 aliphatic heterocycles. The number of carbonyl (C=O) groups is 2. The fourth-order valence-electron chi connectivity index (χ4n) is 2.85. The summed E-state index contributed by atoms with van der Waals surface area (Å²) in [6, 6.07) is 0. The largest absolute Gasteiger partial charge is 0.466 e. The first kappa shape index (κ1) is 28.4. The molecule has 0 amide bonds. The van der Waals surface area contributed by atoms with Gasteiger partial charge in [0.1, 0.15) is 0 Å². The molecule has 0 aromatic rings. The lowest BCUT2D eigenvalue weighted by atomic mass is 10.1. The van der Waals surface area contributed by atoms with Gasteiger partial charge in [0.25, 0.3) is 0 Å². The van der Waals surface area contributed by atoms with Gasteiger partial charge >= 0.3 is 11.9 Å². The minimum atomic E-state index is -0.178. The van der Waals surface area contributed by atoms with Crippen LogP contribution < -0.4 is 0 Å². The molecule has 30 heavy (non-hydrogen) atoms. The molecule has 0 aromatic carbocycles. The summed E-state index contributed by atoms with van der Waals surface area (Å²) in [6.07, 6.45) is 21.4. The molecule has 0 saturated heterocycles. The highest BCUT2D eigenvalue weighted by Gasteiger charge is 2.05. The number of allylic oxidation sites excluding steroid dienone is 4. The van der Waals surface area contributed by atoms with E-state index in [1.54, 1.807) is 0 Å². The molecule has 0 N–H and O–H groups in total. The van der Waals surface area contributed by atoms with Crippen molar-refractivity contribution < 1.29 is 19.1 Å². The zero-order valence-electron chi connectivity index (χ0n) is 19.7. The predicted molar refractivity (Wildman–Crippen MR) is 124 cm³/mol. The second kappa shape index (κ2) is 22.1. The maximum Gasteiger partial charge on any atom is 0.305 e. The fraction of sp³-hybridized carbons (Fsp3) is 0.760. The number of rotatable bonds is 20. The Labute approximate surface area is 184 Å². The first-order chi connectivity index (χ1) is 14.6. The van der Waals surface area contributed by atoms with Gasteiger partial charge in [-0.2, -0.15) is 0 Å². The molecule has 0 aliphatic carbocycles. The maximum atomic E-state index is 11.7. The molecule has 174 valence electrons. The standard InChI is InChI=1S/C25H45NO4/c1-4-5-6-7-8-9-10-11-12-13-14-15-16-19-24(27)29-22-18-23-30-25(28)20-17-21-26(2)3/h6-7,9-10H,4-5,8,11-23H2,1-3H3/b7-6-,10-9-. The van der Waals surface area contributed by atoms with Crippen molar-refractivity contribution in [3.05, 3.63) is 24.3 Å². The summed E-state index contributed by atoms with van der Waals surface area (Å²) in [5, 5.41) is 0. The second-order valence-electron chi connectivity index (χ2n) is 7.97. The Bertz CT molecular complexity index is 472. The molecule has 0 atom stereocenters. The monoisotopic (exact) mass is 423 g/mol. The number of hydrogen-bond donors (Lipinski definition) is 0. The summed E-state index contributed by atoms with van der Waals surface area (Å²) in [4.78, 5) is 25.3. The third-order valence-corrected chi connectivity index (χ3v) is 4.61. The van der Waals surface area contributed by atoms with Gasteiger partial charge in [-0.15, -0.1) is 0 Å².